The van der Waals surface area contributed by atoms with E-state index in [1.54, 1.807) is 0 Å². The van der Waals surface area contributed by atoms with Gasteiger partial charge in [0.15, 0.2) is 0 Å². The first-order valence-electron chi connectivity index (χ1n) is 7.05. The smallest absolute Gasteiger partial charge is 0.279 e. The van der Waals surface area contributed by atoms with Gasteiger partial charge >= 0.3 is 0 Å². The number of hydrogen-bond acceptors (Lipinski definition) is 4. The van der Waals surface area contributed by atoms with Gasteiger partial charge in [-0.25, -0.2) is 0 Å². The Morgan fingerprint density at radius 3 is 2.16 bits per heavy atom. The highest BCUT2D eigenvalue weighted by Crippen LogP contribution is 2.19. The molecular weight excluding hydrogens is 266 g/mol. The van der Waals surface area contributed by atoms with E-state index in [2.05, 4.69) is 4.72 Å². The van der Waals surface area contributed by atoms with E-state index < -0.39 is 10.2 Å². The fourth-order valence-electron chi connectivity index (χ4n) is 2.85. The van der Waals surface area contributed by atoms with Crippen molar-refractivity contribution >= 4 is 10.2 Å². The molecule has 1 heterocycles. The van der Waals surface area contributed by atoms with Gasteiger partial charge in [0.25, 0.3) is 10.2 Å². The molecular formula is C12H25N3O3S. The molecule has 0 radical (unpaired) electrons. The molecule has 2 rings (SSSR count). The SMILES string of the molecule is CC1CN(S(=O)(=O)NC2CCC(N)CC2)CC(C)O1. The van der Waals surface area contributed by atoms with Crippen LogP contribution in [0.4, 0.5) is 0 Å². The lowest BCUT2D eigenvalue weighted by molar-refractivity contribution is -0.0445. The van der Waals surface area contributed by atoms with Gasteiger partial charge < -0.3 is 10.5 Å². The fourth-order valence-corrected chi connectivity index (χ4v) is 4.47. The van der Waals surface area contributed by atoms with Gasteiger partial charge in [0.1, 0.15) is 0 Å². The van der Waals surface area contributed by atoms with Crippen molar-refractivity contribution < 1.29 is 13.2 Å². The molecule has 2 unspecified atom stereocenters. The molecule has 1 saturated heterocycles. The number of rotatable bonds is 3. The van der Waals surface area contributed by atoms with Crippen LogP contribution in [0, 0.1) is 0 Å². The molecule has 0 aromatic rings. The fraction of sp³-hybridized carbons (Fsp3) is 1.00. The zero-order valence-corrected chi connectivity index (χ0v) is 12.5. The molecule has 1 aliphatic carbocycles. The van der Waals surface area contributed by atoms with Crippen LogP contribution < -0.4 is 10.5 Å². The summed E-state index contributed by atoms with van der Waals surface area (Å²) in [4.78, 5) is 0. The molecule has 0 aromatic heterocycles. The Labute approximate surface area is 115 Å². The van der Waals surface area contributed by atoms with Crippen LogP contribution in [0.5, 0.6) is 0 Å². The first-order valence-corrected chi connectivity index (χ1v) is 8.49. The maximum Gasteiger partial charge on any atom is 0.279 e. The van der Waals surface area contributed by atoms with Crippen LogP contribution in [0.25, 0.3) is 0 Å². The van der Waals surface area contributed by atoms with Gasteiger partial charge in [-0.1, -0.05) is 0 Å². The molecule has 112 valence electrons. The Bertz CT molecular complexity index is 383. The van der Waals surface area contributed by atoms with Crippen LogP contribution in [0.3, 0.4) is 0 Å². The van der Waals surface area contributed by atoms with Crippen molar-refractivity contribution in [3.05, 3.63) is 0 Å². The molecule has 19 heavy (non-hydrogen) atoms. The third kappa shape index (κ3) is 4.13. The number of nitrogens with zero attached hydrogens (tertiary/aromatic N) is 1. The van der Waals surface area contributed by atoms with Crippen molar-refractivity contribution in [3.63, 3.8) is 0 Å². The van der Waals surface area contributed by atoms with E-state index in [1.165, 1.54) is 4.31 Å². The summed E-state index contributed by atoms with van der Waals surface area (Å²) in [5, 5.41) is 0. The lowest BCUT2D eigenvalue weighted by Gasteiger charge is -2.36. The third-order valence-corrected chi connectivity index (χ3v) is 5.42. The van der Waals surface area contributed by atoms with E-state index in [-0.39, 0.29) is 24.3 Å². The van der Waals surface area contributed by atoms with Crippen LogP contribution in [0.2, 0.25) is 0 Å². The number of nitrogens with two attached hydrogens (primary N) is 1. The van der Waals surface area contributed by atoms with Gasteiger partial charge in [0.2, 0.25) is 0 Å². The predicted molar refractivity (Wildman–Crippen MR) is 73.9 cm³/mol. The minimum absolute atomic E-state index is 0.0262. The standard InChI is InChI=1S/C12H25N3O3S/c1-9-7-15(8-10(2)18-9)19(16,17)14-12-5-3-11(13)4-6-12/h9-12,14H,3-8,13H2,1-2H3. The predicted octanol–water partition coefficient (Wildman–Crippen LogP) is 0.200. The highest BCUT2D eigenvalue weighted by molar-refractivity contribution is 7.87. The normalized spacial score (nSPS) is 38.3. The topological polar surface area (TPSA) is 84.7 Å². The Kier molecular flexibility index (Phi) is 4.84. The van der Waals surface area contributed by atoms with Crippen LogP contribution in [-0.4, -0.2) is 50.1 Å². The first-order chi connectivity index (χ1) is 8.87. The highest BCUT2D eigenvalue weighted by atomic mass is 32.2. The van der Waals surface area contributed by atoms with E-state index in [1.807, 2.05) is 13.8 Å². The van der Waals surface area contributed by atoms with Gasteiger partial charge in [-0.2, -0.15) is 17.4 Å². The molecule has 2 aliphatic rings. The summed E-state index contributed by atoms with van der Waals surface area (Å²) in [6.07, 6.45) is 3.33. The summed E-state index contributed by atoms with van der Waals surface area (Å²) in [7, 11) is -3.40. The first kappa shape index (κ1) is 15.2. The molecule has 7 heteroatoms. The monoisotopic (exact) mass is 291 g/mol. The summed E-state index contributed by atoms with van der Waals surface area (Å²) in [6, 6.07) is 0.252. The lowest BCUT2D eigenvalue weighted by Crippen LogP contribution is -2.54. The van der Waals surface area contributed by atoms with Crippen LogP contribution in [-0.2, 0) is 14.9 Å². The van der Waals surface area contributed by atoms with Gasteiger partial charge in [0.05, 0.1) is 12.2 Å². The second-order valence-corrected chi connectivity index (χ2v) is 7.51. The molecule has 0 aromatic carbocycles. The zero-order chi connectivity index (χ0) is 14.0. The molecule has 0 spiro atoms. The lowest BCUT2D eigenvalue weighted by atomic mass is 9.93. The van der Waals surface area contributed by atoms with E-state index in [9.17, 15) is 8.42 Å². The summed E-state index contributed by atoms with van der Waals surface area (Å²) in [5.74, 6) is 0. The Morgan fingerprint density at radius 2 is 1.63 bits per heavy atom. The number of nitrogens with one attached hydrogen (secondary N) is 1. The molecule has 1 aliphatic heterocycles. The van der Waals surface area contributed by atoms with Gasteiger partial charge in [-0.15, -0.1) is 0 Å². The average Bonchev–Trinajstić information content (AvgIpc) is 2.31. The van der Waals surface area contributed by atoms with Crippen LogP contribution >= 0.6 is 0 Å². The Morgan fingerprint density at radius 1 is 1.11 bits per heavy atom. The third-order valence-electron chi connectivity index (χ3n) is 3.81. The minimum Gasteiger partial charge on any atom is -0.373 e. The quantitative estimate of drug-likeness (QED) is 0.778. The van der Waals surface area contributed by atoms with Crippen molar-refractivity contribution in [2.24, 2.45) is 5.73 Å². The van der Waals surface area contributed by atoms with Gasteiger partial charge in [-0.05, 0) is 39.5 Å². The van der Waals surface area contributed by atoms with E-state index in [4.69, 9.17) is 10.5 Å². The highest BCUT2D eigenvalue weighted by Gasteiger charge is 2.33. The summed E-state index contributed by atoms with van der Waals surface area (Å²) < 4.78 is 34.6. The number of ether oxygens (including phenoxy) is 1. The van der Waals surface area contributed by atoms with E-state index in [0.717, 1.165) is 25.7 Å². The van der Waals surface area contributed by atoms with Crippen molar-refractivity contribution in [2.75, 3.05) is 13.1 Å². The van der Waals surface area contributed by atoms with Crippen molar-refractivity contribution in [1.29, 1.82) is 0 Å². The molecule has 1 saturated carbocycles. The summed E-state index contributed by atoms with van der Waals surface area (Å²) >= 11 is 0. The molecule has 2 atom stereocenters. The van der Waals surface area contributed by atoms with E-state index >= 15 is 0 Å². The minimum atomic E-state index is -3.40. The maximum atomic E-state index is 12.4. The maximum absolute atomic E-state index is 12.4. The summed E-state index contributed by atoms with van der Waals surface area (Å²) in [5.41, 5.74) is 5.84. The van der Waals surface area contributed by atoms with E-state index in [0.29, 0.717) is 13.1 Å². The van der Waals surface area contributed by atoms with Gasteiger partial charge in [0, 0.05) is 25.2 Å². The second-order valence-electron chi connectivity index (χ2n) is 5.81. The molecule has 3 N–H and O–H groups in total. The molecule has 2 fully saturated rings. The number of hydrogen-bond donors (Lipinski definition) is 2. The Balaban J connectivity index is 1.94. The van der Waals surface area contributed by atoms with Crippen molar-refractivity contribution in [3.8, 4) is 0 Å². The molecule has 6 nitrogen and oxygen atoms in total. The molecule has 0 amide bonds. The van der Waals surface area contributed by atoms with Crippen LogP contribution in [0.15, 0.2) is 0 Å². The average molecular weight is 291 g/mol. The van der Waals surface area contributed by atoms with Crippen molar-refractivity contribution in [2.45, 2.75) is 63.8 Å². The van der Waals surface area contributed by atoms with Gasteiger partial charge in [-0.3, -0.25) is 0 Å². The van der Waals surface area contributed by atoms with Crippen LogP contribution in [0.1, 0.15) is 39.5 Å². The van der Waals surface area contributed by atoms with Crippen molar-refractivity contribution in [1.82, 2.24) is 9.03 Å². The second kappa shape index (κ2) is 6.05. The Hall–Kier alpha value is -0.210. The largest absolute Gasteiger partial charge is 0.373 e. The molecule has 0 bridgehead atoms. The number of morpholine rings is 1. The zero-order valence-electron chi connectivity index (χ0n) is 11.7. The summed E-state index contributed by atoms with van der Waals surface area (Å²) in [6.45, 7) is 4.65.